The summed E-state index contributed by atoms with van der Waals surface area (Å²) in [6, 6.07) is 1.99. The van der Waals surface area contributed by atoms with Crippen LogP contribution in [0.2, 0.25) is 0 Å². The van der Waals surface area contributed by atoms with Gasteiger partial charge in [-0.05, 0) is 47.6 Å². The quantitative estimate of drug-likeness (QED) is 0.823. The molecule has 17 heavy (non-hydrogen) atoms. The average molecular weight is 314 g/mol. The van der Waals surface area contributed by atoms with Gasteiger partial charge in [0, 0.05) is 17.3 Å². The van der Waals surface area contributed by atoms with Crippen LogP contribution in [0.1, 0.15) is 13.3 Å². The van der Waals surface area contributed by atoms with Crippen LogP contribution in [0, 0.1) is 4.77 Å². The Hall–Kier alpha value is -0.720. The summed E-state index contributed by atoms with van der Waals surface area (Å²) in [5.41, 5.74) is 1.76. The van der Waals surface area contributed by atoms with Crippen LogP contribution in [0.4, 0.5) is 0 Å². The Bertz CT molecular complexity index is 627. The molecule has 0 saturated carbocycles. The Morgan fingerprint density at radius 2 is 2.47 bits per heavy atom. The van der Waals surface area contributed by atoms with Crippen LogP contribution in [0.25, 0.3) is 11.2 Å². The Balaban J connectivity index is 2.29. The number of aromatic amines is 1. The van der Waals surface area contributed by atoms with Crippen molar-refractivity contribution >= 4 is 39.3 Å². The van der Waals surface area contributed by atoms with Crippen molar-refractivity contribution in [2.24, 2.45) is 0 Å². The highest BCUT2D eigenvalue weighted by molar-refractivity contribution is 9.10. The van der Waals surface area contributed by atoms with E-state index < -0.39 is 0 Å². The zero-order chi connectivity index (χ0) is 12.0. The zero-order valence-corrected chi connectivity index (χ0v) is 11.8. The van der Waals surface area contributed by atoms with Crippen LogP contribution in [-0.2, 0) is 10.3 Å². The molecular formula is C11H12BrN3OS. The van der Waals surface area contributed by atoms with E-state index in [0.717, 1.165) is 28.7 Å². The molecule has 0 aromatic carbocycles. The fraction of sp³-hybridized carbons (Fsp3) is 0.455. The van der Waals surface area contributed by atoms with Gasteiger partial charge in [-0.1, -0.05) is 0 Å². The topological polar surface area (TPSA) is 42.8 Å². The second-order valence-electron chi connectivity index (χ2n) is 4.59. The summed E-state index contributed by atoms with van der Waals surface area (Å²) >= 11 is 8.81. The minimum absolute atomic E-state index is 0.0871. The number of hydrogen-bond acceptors (Lipinski definition) is 3. The summed E-state index contributed by atoms with van der Waals surface area (Å²) in [5.74, 6) is 0. The van der Waals surface area contributed by atoms with Crippen LogP contribution >= 0.6 is 28.1 Å². The Morgan fingerprint density at radius 1 is 1.65 bits per heavy atom. The number of aromatic nitrogens is 3. The predicted molar refractivity (Wildman–Crippen MR) is 71.7 cm³/mol. The molecule has 3 rings (SSSR count). The highest BCUT2D eigenvalue weighted by Crippen LogP contribution is 2.30. The minimum atomic E-state index is -0.0871. The van der Waals surface area contributed by atoms with E-state index in [9.17, 15) is 0 Å². The lowest BCUT2D eigenvalue weighted by Gasteiger charge is -2.24. The molecule has 0 aliphatic carbocycles. The molecule has 6 heteroatoms. The van der Waals surface area contributed by atoms with E-state index in [1.807, 2.05) is 6.07 Å². The molecule has 1 N–H and O–H groups in total. The number of rotatable bonds is 1. The fourth-order valence-corrected chi connectivity index (χ4v) is 3.05. The van der Waals surface area contributed by atoms with Gasteiger partial charge in [-0.2, -0.15) is 0 Å². The number of halogens is 1. The molecule has 0 radical (unpaired) electrons. The van der Waals surface area contributed by atoms with Gasteiger partial charge in [0.25, 0.3) is 0 Å². The lowest BCUT2D eigenvalue weighted by molar-refractivity contribution is 0.162. The fourth-order valence-electron chi connectivity index (χ4n) is 2.30. The summed E-state index contributed by atoms with van der Waals surface area (Å²) in [6.07, 6.45) is 2.76. The molecule has 3 heterocycles. The van der Waals surface area contributed by atoms with E-state index in [4.69, 9.17) is 17.0 Å². The number of fused-ring (bicyclic) bond motifs is 1. The monoisotopic (exact) mass is 313 g/mol. The Morgan fingerprint density at radius 3 is 3.18 bits per heavy atom. The van der Waals surface area contributed by atoms with E-state index >= 15 is 0 Å². The van der Waals surface area contributed by atoms with E-state index in [-0.39, 0.29) is 5.54 Å². The standard InChI is InChI=1S/C11H12BrN3OS/c1-11(2-3-16-6-11)15-9-8(14-10(15)17)4-7(12)5-13-9/h4-5H,2-3,6H2,1H3,(H,14,17). The maximum atomic E-state index is 5.49. The highest BCUT2D eigenvalue weighted by Gasteiger charge is 2.34. The number of hydrogen-bond donors (Lipinski definition) is 1. The number of ether oxygens (including phenoxy) is 1. The lowest BCUT2D eigenvalue weighted by Crippen LogP contribution is -2.30. The second-order valence-corrected chi connectivity index (χ2v) is 5.89. The molecule has 0 spiro atoms. The first-order valence-corrected chi connectivity index (χ1v) is 6.65. The minimum Gasteiger partial charge on any atom is -0.379 e. The Labute approximate surface area is 112 Å². The van der Waals surface area contributed by atoms with Crippen molar-refractivity contribution in [3.8, 4) is 0 Å². The summed E-state index contributed by atoms with van der Waals surface area (Å²) in [5, 5.41) is 0. The first-order chi connectivity index (χ1) is 8.10. The lowest BCUT2D eigenvalue weighted by atomic mass is 10.0. The first kappa shape index (κ1) is 11.4. The van der Waals surface area contributed by atoms with Crippen molar-refractivity contribution in [1.82, 2.24) is 14.5 Å². The molecule has 1 fully saturated rings. The second kappa shape index (κ2) is 3.90. The smallest absolute Gasteiger partial charge is 0.179 e. The third-order valence-corrected chi connectivity index (χ3v) is 3.95. The zero-order valence-electron chi connectivity index (χ0n) is 9.36. The normalized spacial score (nSPS) is 24.6. The molecule has 1 aliphatic rings. The van der Waals surface area contributed by atoms with Gasteiger partial charge in [-0.25, -0.2) is 4.98 Å². The summed E-state index contributed by atoms with van der Waals surface area (Å²) < 4.78 is 9.23. The van der Waals surface area contributed by atoms with Gasteiger partial charge in [0.1, 0.15) is 0 Å². The summed E-state index contributed by atoms with van der Waals surface area (Å²) in [7, 11) is 0. The molecule has 1 saturated heterocycles. The molecule has 4 nitrogen and oxygen atoms in total. The average Bonchev–Trinajstić information content (AvgIpc) is 2.81. The molecular weight excluding hydrogens is 302 g/mol. The van der Waals surface area contributed by atoms with Gasteiger partial charge in [0.05, 0.1) is 17.7 Å². The molecule has 1 aliphatic heterocycles. The Kier molecular flexibility index (Phi) is 2.61. The molecule has 1 unspecified atom stereocenters. The van der Waals surface area contributed by atoms with Crippen LogP contribution in [0.5, 0.6) is 0 Å². The number of nitrogens with one attached hydrogen (secondary N) is 1. The summed E-state index contributed by atoms with van der Waals surface area (Å²) in [4.78, 5) is 7.65. The highest BCUT2D eigenvalue weighted by atomic mass is 79.9. The third-order valence-electron chi connectivity index (χ3n) is 3.23. The van der Waals surface area contributed by atoms with Gasteiger partial charge < -0.3 is 9.72 Å². The van der Waals surface area contributed by atoms with E-state index in [0.29, 0.717) is 11.4 Å². The van der Waals surface area contributed by atoms with Crippen molar-refractivity contribution in [3.63, 3.8) is 0 Å². The maximum absolute atomic E-state index is 5.49. The number of pyridine rings is 1. The van der Waals surface area contributed by atoms with Crippen molar-refractivity contribution in [1.29, 1.82) is 0 Å². The number of nitrogens with zero attached hydrogens (tertiary/aromatic N) is 2. The maximum Gasteiger partial charge on any atom is 0.179 e. The number of H-pyrrole nitrogens is 1. The SMILES string of the molecule is CC1(n2c(=S)[nH]c3cc(Br)cnc32)CCOC1. The molecule has 0 amide bonds. The van der Waals surface area contributed by atoms with Crippen LogP contribution < -0.4 is 0 Å². The van der Waals surface area contributed by atoms with Gasteiger partial charge in [-0.3, -0.25) is 4.57 Å². The molecule has 1 atom stereocenters. The molecule has 2 aromatic rings. The summed E-state index contributed by atoms with van der Waals surface area (Å²) in [6.45, 7) is 3.63. The van der Waals surface area contributed by atoms with E-state index in [1.54, 1.807) is 6.20 Å². The molecule has 0 bridgehead atoms. The van der Waals surface area contributed by atoms with Gasteiger partial charge in [0.2, 0.25) is 0 Å². The van der Waals surface area contributed by atoms with Crippen molar-refractivity contribution in [2.45, 2.75) is 18.9 Å². The van der Waals surface area contributed by atoms with Crippen molar-refractivity contribution in [3.05, 3.63) is 21.5 Å². The van der Waals surface area contributed by atoms with Gasteiger partial charge in [-0.15, -0.1) is 0 Å². The van der Waals surface area contributed by atoms with Crippen molar-refractivity contribution < 1.29 is 4.74 Å². The third kappa shape index (κ3) is 1.75. The van der Waals surface area contributed by atoms with E-state index in [1.165, 1.54) is 0 Å². The van der Waals surface area contributed by atoms with E-state index in [2.05, 4.69) is 37.4 Å². The van der Waals surface area contributed by atoms with Gasteiger partial charge >= 0.3 is 0 Å². The predicted octanol–water partition coefficient (Wildman–Crippen LogP) is 2.99. The van der Waals surface area contributed by atoms with Crippen LogP contribution in [0.3, 0.4) is 0 Å². The number of imidazole rings is 1. The van der Waals surface area contributed by atoms with Crippen LogP contribution in [-0.4, -0.2) is 27.7 Å². The van der Waals surface area contributed by atoms with Crippen LogP contribution in [0.15, 0.2) is 16.7 Å². The molecule has 2 aromatic heterocycles. The van der Waals surface area contributed by atoms with Crippen molar-refractivity contribution in [2.75, 3.05) is 13.2 Å². The largest absolute Gasteiger partial charge is 0.379 e. The first-order valence-electron chi connectivity index (χ1n) is 5.45. The van der Waals surface area contributed by atoms with Gasteiger partial charge in [0.15, 0.2) is 10.4 Å². The molecule has 90 valence electrons.